The average Bonchev–Trinajstić information content (AvgIpc) is 2.29. The van der Waals surface area contributed by atoms with Gasteiger partial charge < -0.3 is 15.2 Å². The minimum Gasteiger partial charge on any atom is -0.495 e. The van der Waals surface area contributed by atoms with Crippen LogP contribution in [0.5, 0.6) is 5.75 Å². The molecule has 94 valence electrons. The molecule has 0 aliphatic rings. The summed E-state index contributed by atoms with van der Waals surface area (Å²) in [5, 5.41) is 12.1. The van der Waals surface area contributed by atoms with Crippen LogP contribution in [0, 0.1) is 0 Å². The van der Waals surface area contributed by atoms with Gasteiger partial charge in [0.05, 0.1) is 12.1 Å². The molecule has 1 unspecified atom stereocenters. The van der Waals surface area contributed by atoms with E-state index in [1.54, 1.807) is 19.2 Å². The third-order valence-corrected chi connectivity index (χ3v) is 2.60. The minimum absolute atomic E-state index is 0.371. The predicted molar refractivity (Wildman–Crippen MR) is 66.4 cm³/mol. The van der Waals surface area contributed by atoms with E-state index in [0.717, 1.165) is 5.56 Å². The Morgan fingerprint density at radius 3 is 2.82 bits per heavy atom. The lowest BCUT2D eigenvalue weighted by Crippen LogP contribution is -2.33. The summed E-state index contributed by atoms with van der Waals surface area (Å²) in [4.78, 5) is 11.1. The number of amides is 1. The molecule has 17 heavy (non-hydrogen) atoms. The molecular formula is C12H16ClNO3. The largest absolute Gasteiger partial charge is 0.495 e. The Kier molecular flexibility index (Phi) is 5.25. The van der Waals surface area contributed by atoms with Crippen LogP contribution >= 0.6 is 11.6 Å². The van der Waals surface area contributed by atoms with Gasteiger partial charge in [0, 0.05) is 6.54 Å². The number of halogens is 1. The SMILES string of the molecule is COc1ccc(CCNC(=O)C(C)O)cc1Cl. The molecule has 1 atom stereocenters. The van der Waals surface area contributed by atoms with Crippen LogP contribution in [-0.2, 0) is 11.2 Å². The van der Waals surface area contributed by atoms with E-state index in [-0.39, 0.29) is 5.91 Å². The number of aliphatic hydroxyl groups is 1. The molecule has 0 bridgehead atoms. The zero-order chi connectivity index (χ0) is 12.8. The monoisotopic (exact) mass is 257 g/mol. The number of carbonyl (C=O) groups excluding carboxylic acids is 1. The quantitative estimate of drug-likeness (QED) is 0.838. The molecule has 1 rings (SSSR count). The first-order chi connectivity index (χ1) is 8.04. The van der Waals surface area contributed by atoms with E-state index in [2.05, 4.69) is 5.32 Å². The van der Waals surface area contributed by atoms with Crippen LogP contribution in [0.4, 0.5) is 0 Å². The van der Waals surface area contributed by atoms with Crippen molar-refractivity contribution in [3.8, 4) is 5.75 Å². The van der Waals surface area contributed by atoms with Gasteiger partial charge in [-0.05, 0) is 31.0 Å². The van der Waals surface area contributed by atoms with Crippen LogP contribution in [-0.4, -0.2) is 30.8 Å². The first kappa shape index (κ1) is 13.8. The predicted octanol–water partition coefficient (Wildman–Crippen LogP) is 1.39. The van der Waals surface area contributed by atoms with E-state index in [0.29, 0.717) is 23.7 Å². The third kappa shape index (κ3) is 4.24. The van der Waals surface area contributed by atoms with Crippen LogP contribution in [0.2, 0.25) is 5.02 Å². The van der Waals surface area contributed by atoms with Crippen molar-refractivity contribution < 1.29 is 14.6 Å². The normalized spacial score (nSPS) is 12.0. The van der Waals surface area contributed by atoms with Crippen molar-refractivity contribution >= 4 is 17.5 Å². The first-order valence-electron chi connectivity index (χ1n) is 5.32. The zero-order valence-electron chi connectivity index (χ0n) is 9.87. The van der Waals surface area contributed by atoms with Crippen LogP contribution < -0.4 is 10.1 Å². The van der Waals surface area contributed by atoms with Gasteiger partial charge in [0.2, 0.25) is 5.91 Å². The van der Waals surface area contributed by atoms with Gasteiger partial charge in [-0.15, -0.1) is 0 Å². The summed E-state index contributed by atoms with van der Waals surface area (Å²) in [5.41, 5.74) is 1.00. The standard InChI is InChI=1S/C12H16ClNO3/c1-8(15)12(16)14-6-5-9-3-4-11(17-2)10(13)7-9/h3-4,7-8,15H,5-6H2,1-2H3,(H,14,16). The Balaban J connectivity index is 2.47. The summed E-state index contributed by atoms with van der Waals surface area (Å²) < 4.78 is 5.04. The Labute approximate surface area is 106 Å². The lowest BCUT2D eigenvalue weighted by molar-refractivity contribution is -0.128. The number of rotatable bonds is 5. The highest BCUT2D eigenvalue weighted by molar-refractivity contribution is 6.32. The maximum Gasteiger partial charge on any atom is 0.248 e. The number of methoxy groups -OCH3 is 1. The number of carbonyl (C=O) groups is 1. The summed E-state index contributed by atoms with van der Waals surface area (Å²) in [6, 6.07) is 5.47. The summed E-state index contributed by atoms with van der Waals surface area (Å²) in [7, 11) is 1.56. The fourth-order valence-electron chi connectivity index (χ4n) is 1.34. The van der Waals surface area contributed by atoms with E-state index >= 15 is 0 Å². The maximum absolute atomic E-state index is 11.1. The van der Waals surface area contributed by atoms with Crippen molar-refractivity contribution in [3.63, 3.8) is 0 Å². The Hall–Kier alpha value is -1.26. The van der Waals surface area contributed by atoms with E-state index in [9.17, 15) is 4.79 Å². The topological polar surface area (TPSA) is 58.6 Å². The number of nitrogens with one attached hydrogen (secondary N) is 1. The van der Waals surface area contributed by atoms with Gasteiger partial charge >= 0.3 is 0 Å². The molecule has 1 aromatic rings. The number of hydrogen-bond acceptors (Lipinski definition) is 3. The molecule has 0 aromatic heterocycles. The molecule has 4 nitrogen and oxygen atoms in total. The van der Waals surface area contributed by atoms with Crippen molar-refractivity contribution in [1.29, 1.82) is 0 Å². The zero-order valence-corrected chi connectivity index (χ0v) is 10.6. The fraction of sp³-hybridized carbons (Fsp3) is 0.417. The highest BCUT2D eigenvalue weighted by Gasteiger charge is 2.07. The van der Waals surface area contributed by atoms with Crippen LogP contribution in [0.1, 0.15) is 12.5 Å². The van der Waals surface area contributed by atoms with Gasteiger partial charge in [0.15, 0.2) is 0 Å². The number of hydrogen-bond donors (Lipinski definition) is 2. The van der Waals surface area contributed by atoms with Gasteiger partial charge in [-0.3, -0.25) is 4.79 Å². The van der Waals surface area contributed by atoms with Gasteiger partial charge in [-0.1, -0.05) is 17.7 Å². The third-order valence-electron chi connectivity index (χ3n) is 2.31. The average molecular weight is 258 g/mol. The van der Waals surface area contributed by atoms with Crippen molar-refractivity contribution in [2.45, 2.75) is 19.4 Å². The molecule has 0 aliphatic heterocycles. The molecule has 0 radical (unpaired) electrons. The fourth-order valence-corrected chi connectivity index (χ4v) is 1.62. The van der Waals surface area contributed by atoms with Gasteiger partial charge in [-0.2, -0.15) is 0 Å². The highest BCUT2D eigenvalue weighted by atomic mass is 35.5. The number of ether oxygens (including phenoxy) is 1. The molecule has 1 aromatic carbocycles. The lowest BCUT2D eigenvalue weighted by atomic mass is 10.1. The number of benzene rings is 1. The van der Waals surface area contributed by atoms with Gasteiger partial charge in [0.1, 0.15) is 11.9 Å². The minimum atomic E-state index is -0.977. The van der Waals surface area contributed by atoms with E-state index in [1.165, 1.54) is 6.92 Å². The molecule has 0 fully saturated rings. The van der Waals surface area contributed by atoms with Crippen molar-refractivity contribution in [2.24, 2.45) is 0 Å². The van der Waals surface area contributed by atoms with E-state index in [1.807, 2.05) is 6.07 Å². The molecule has 0 heterocycles. The molecule has 0 saturated carbocycles. The van der Waals surface area contributed by atoms with Crippen molar-refractivity contribution in [1.82, 2.24) is 5.32 Å². The smallest absolute Gasteiger partial charge is 0.248 e. The van der Waals surface area contributed by atoms with Crippen LogP contribution in [0.25, 0.3) is 0 Å². The summed E-state index contributed by atoms with van der Waals surface area (Å²) >= 11 is 5.97. The summed E-state index contributed by atoms with van der Waals surface area (Å²) in [6.45, 7) is 1.89. The summed E-state index contributed by atoms with van der Waals surface area (Å²) in [5.74, 6) is 0.257. The molecule has 5 heteroatoms. The lowest BCUT2D eigenvalue weighted by Gasteiger charge is -2.08. The second-order valence-corrected chi connectivity index (χ2v) is 4.09. The molecule has 2 N–H and O–H groups in total. The molecule has 0 saturated heterocycles. The number of aliphatic hydroxyl groups excluding tert-OH is 1. The molecule has 1 amide bonds. The Bertz CT molecular complexity index is 393. The first-order valence-corrected chi connectivity index (χ1v) is 5.70. The maximum atomic E-state index is 11.1. The van der Waals surface area contributed by atoms with Gasteiger partial charge in [0.25, 0.3) is 0 Å². The van der Waals surface area contributed by atoms with Gasteiger partial charge in [-0.25, -0.2) is 0 Å². The van der Waals surface area contributed by atoms with Crippen molar-refractivity contribution in [3.05, 3.63) is 28.8 Å². The Morgan fingerprint density at radius 1 is 1.59 bits per heavy atom. The van der Waals surface area contributed by atoms with E-state index in [4.69, 9.17) is 21.4 Å². The van der Waals surface area contributed by atoms with E-state index < -0.39 is 6.10 Å². The summed E-state index contributed by atoms with van der Waals surface area (Å²) in [6.07, 6.45) is -0.322. The van der Waals surface area contributed by atoms with Crippen molar-refractivity contribution in [2.75, 3.05) is 13.7 Å². The van der Waals surface area contributed by atoms with Crippen LogP contribution in [0.15, 0.2) is 18.2 Å². The second kappa shape index (κ2) is 6.47. The second-order valence-electron chi connectivity index (χ2n) is 3.69. The van der Waals surface area contributed by atoms with Crippen LogP contribution in [0.3, 0.4) is 0 Å². The highest BCUT2D eigenvalue weighted by Crippen LogP contribution is 2.24. The molecular weight excluding hydrogens is 242 g/mol. The molecule has 0 aliphatic carbocycles. The molecule has 0 spiro atoms. The Morgan fingerprint density at radius 2 is 2.29 bits per heavy atom.